The minimum atomic E-state index is -0.331. The van der Waals surface area contributed by atoms with E-state index in [2.05, 4.69) is 15.6 Å². The SMILES string of the molecule is Cc1nc(NC(=O)c2ccc(N(C)C)cc2NC(=O)CCOCCOCCN)sc1C. The third kappa shape index (κ3) is 7.91. The molecule has 1 aromatic heterocycles. The summed E-state index contributed by atoms with van der Waals surface area (Å²) in [5.74, 6) is -0.573. The molecule has 0 spiro atoms. The summed E-state index contributed by atoms with van der Waals surface area (Å²) >= 11 is 1.41. The van der Waals surface area contributed by atoms with Crippen molar-refractivity contribution in [3.05, 3.63) is 34.3 Å². The first kappa shape index (κ1) is 24.7. The van der Waals surface area contributed by atoms with Crippen LogP contribution in [0.4, 0.5) is 16.5 Å². The van der Waals surface area contributed by atoms with E-state index in [1.165, 1.54) is 11.3 Å². The van der Waals surface area contributed by atoms with Gasteiger partial charge in [0.05, 0.1) is 49.8 Å². The van der Waals surface area contributed by atoms with Crippen LogP contribution >= 0.6 is 11.3 Å². The molecule has 9 nitrogen and oxygen atoms in total. The molecule has 0 fully saturated rings. The number of aryl methyl sites for hydroxylation is 2. The number of aromatic nitrogens is 1. The van der Waals surface area contributed by atoms with Crippen molar-refractivity contribution in [3.63, 3.8) is 0 Å². The van der Waals surface area contributed by atoms with E-state index < -0.39 is 0 Å². The number of carbonyl (C=O) groups excluding carboxylic acids is 2. The Morgan fingerprint density at radius 1 is 1.10 bits per heavy atom. The van der Waals surface area contributed by atoms with Gasteiger partial charge in [-0.05, 0) is 32.0 Å². The lowest BCUT2D eigenvalue weighted by Gasteiger charge is -2.17. The summed E-state index contributed by atoms with van der Waals surface area (Å²) < 4.78 is 10.6. The van der Waals surface area contributed by atoms with Gasteiger partial charge in [0, 0.05) is 31.2 Å². The number of benzene rings is 1. The Kier molecular flexibility index (Phi) is 9.86. The Balaban J connectivity index is 2.01. The lowest BCUT2D eigenvalue weighted by molar-refractivity contribution is -0.117. The average Bonchev–Trinajstić information content (AvgIpc) is 3.03. The predicted octanol–water partition coefficient (Wildman–Crippen LogP) is 2.40. The number of hydrogen-bond donors (Lipinski definition) is 3. The second-order valence-corrected chi connectivity index (χ2v) is 8.25. The Labute approximate surface area is 186 Å². The second-order valence-electron chi connectivity index (χ2n) is 7.05. The largest absolute Gasteiger partial charge is 0.379 e. The topological polar surface area (TPSA) is 119 Å². The van der Waals surface area contributed by atoms with E-state index in [9.17, 15) is 9.59 Å². The van der Waals surface area contributed by atoms with Crippen LogP contribution in [0, 0.1) is 13.8 Å². The van der Waals surface area contributed by atoms with Gasteiger partial charge in [-0.1, -0.05) is 0 Å². The first-order valence-electron chi connectivity index (χ1n) is 10.0. The van der Waals surface area contributed by atoms with Crippen LogP contribution in [0.3, 0.4) is 0 Å². The number of nitrogens with one attached hydrogen (secondary N) is 2. The van der Waals surface area contributed by atoms with Crippen molar-refractivity contribution in [1.29, 1.82) is 0 Å². The van der Waals surface area contributed by atoms with Crippen LogP contribution in [0.15, 0.2) is 18.2 Å². The monoisotopic (exact) mass is 449 g/mol. The Morgan fingerprint density at radius 2 is 1.81 bits per heavy atom. The number of rotatable bonds is 12. The standard InChI is InChI=1S/C21H31N5O4S/c1-14-15(2)31-21(23-14)25-20(28)17-6-5-16(26(3)4)13-18(17)24-19(27)7-9-29-11-12-30-10-8-22/h5-6,13H,7-12,22H2,1-4H3,(H,24,27)(H,23,25,28). The zero-order valence-corrected chi connectivity index (χ0v) is 19.3. The molecule has 0 atom stereocenters. The van der Waals surface area contributed by atoms with Gasteiger partial charge in [-0.15, -0.1) is 11.3 Å². The van der Waals surface area contributed by atoms with E-state index >= 15 is 0 Å². The first-order valence-corrected chi connectivity index (χ1v) is 10.9. The molecule has 1 aromatic carbocycles. The second kappa shape index (κ2) is 12.4. The summed E-state index contributed by atoms with van der Waals surface area (Å²) in [6, 6.07) is 5.29. The molecule has 2 aromatic rings. The number of hydrogen-bond acceptors (Lipinski definition) is 8. The Bertz CT molecular complexity index is 865. The minimum Gasteiger partial charge on any atom is -0.379 e. The highest BCUT2D eigenvalue weighted by atomic mass is 32.1. The first-order chi connectivity index (χ1) is 14.8. The number of nitrogens with two attached hydrogens (primary N) is 1. The molecule has 31 heavy (non-hydrogen) atoms. The van der Waals surface area contributed by atoms with Crippen LogP contribution in [-0.2, 0) is 14.3 Å². The van der Waals surface area contributed by atoms with Gasteiger partial charge in [-0.3, -0.25) is 14.9 Å². The van der Waals surface area contributed by atoms with Crippen LogP contribution in [0.2, 0.25) is 0 Å². The van der Waals surface area contributed by atoms with Gasteiger partial charge in [0.2, 0.25) is 5.91 Å². The number of thiazole rings is 1. The molecule has 10 heteroatoms. The predicted molar refractivity (Wildman–Crippen MR) is 124 cm³/mol. The summed E-state index contributed by atoms with van der Waals surface area (Å²) in [4.78, 5) is 32.5. The lowest BCUT2D eigenvalue weighted by Crippen LogP contribution is -2.20. The molecule has 170 valence electrons. The quantitative estimate of drug-likeness (QED) is 0.426. The highest BCUT2D eigenvalue weighted by Crippen LogP contribution is 2.26. The van der Waals surface area contributed by atoms with Crippen molar-refractivity contribution in [2.24, 2.45) is 5.73 Å². The summed E-state index contributed by atoms with van der Waals surface area (Å²) in [5.41, 5.74) is 7.88. The summed E-state index contributed by atoms with van der Waals surface area (Å²) in [6.07, 6.45) is 0.162. The third-order valence-corrected chi connectivity index (χ3v) is 5.38. The van der Waals surface area contributed by atoms with Gasteiger partial charge >= 0.3 is 0 Å². The summed E-state index contributed by atoms with van der Waals surface area (Å²) in [6.45, 7) is 5.87. The highest BCUT2D eigenvalue weighted by molar-refractivity contribution is 7.15. The van der Waals surface area contributed by atoms with Gasteiger partial charge in [0.1, 0.15) is 0 Å². The molecule has 2 amide bonds. The average molecular weight is 450 g/mol. The number of amides is 2. The van der Waals surface area contributed by atoms with E-state index in [0.29, 0.717) is 42.7 Å². The fourth-order valence-corrected chi connectivity index (χ4v) is 3.40. The molecule has 0 bridgehead atoms. The maximum Gasteiger partial charge on any atom is 0.259 e. The van der Waals surface area contributed by atoms with E-state index in [1.54, 1.807) is 12.1 Å². The Hall–Kier alpha value is -2.53. The minimum absolute atomic E-state index is 0.162. The van der Waals surface area contributed by atoms with Crippen molar-refractivity contribution in [2.75, 3.05) is 62.6 Å². The fourth-order valence-electron chi connectivity index (χ4n) is 2.59. The van der Waals surface area contributed by atoms with Crippen LogP contribution in [0.25, 0.3) is 0 Å². The molecule has 1 heterocycles. The zero-order chi connectivity index (χ0) is 22.8. The van der Waals surface area contributed by atoms with Crippen molar-refractivity contribution >= 4 is 39.7 Å². The molecular weight excluding hydrogens is 418 g/mol. The maximum atomic E-state index is 12.8. The van der Waals surface area contributed by atoms with Crippen molar-refractivity contribution < 1.29 is 19.1 Å². The maximum absolute atomic E-state index is 12.8. The van der Waals surface area contributed by atoms with Crippen molar-refractivity contribution in [1.82, 2.24) is 4.98 Å². The highest BCUT2D eigenvalue weighted by Gasteiger charge is 2.17. The van der Waals surface area contributed by atoms with Crippen LogP contribution in [0.5, 0.6) is 0 Å². The van der Waals surface area contributed by atoms with E-state index in [4.69, 9.17) is 15.2 Å². The Morgan fingerprint density at radius 3 is 2.42 bits per heavy atom. The molecule has 0 radical (unpaired) electrons. The van der Waals surface area contributed by atoms with Crippen molar-refractivity contribution in [3.8, 4) is 0 Å². The number of nitrogens with zero attached hydrogens (tertiary/aromatic N) is 2. The molecule has 0 unspecified atom stereocenters. The molecule has 0 aliphatic heterocycles. The van der Waals surface area contributed by atoms with Gasteiger partial charge in [0.25, 0.3) is 5.91 Å². The van der Waals surface area contributed by atoms with E-state index in [1.807, 2.05) is 38.9 Å². The van der Waals surface area contributed by atoms with Crippen LogP contribution in [-0.4, -0.2) is 63.9 Å². The number of ether oxygens (including phenoxy) is 2. The van der Waals surface area contributed by atoms with Gasteiger partial charge in [-0.2, -0.15) is 0 Å². The number of anilines is 3. The van der Waals surface area contributed by atoms with Crippen LogP contribution < -0.4 is 21.3 Å². The lowest BCUT2D eigenvalue weighted by atomic mass is 10.1. The molecule has 0 saturated heterocycles. The normalized spacial score (nSPS) is 10.7. The number of carbonyl (C=O) groups is 2. The molecule has 0 aliphatic carbocycles. The van der Waals surface area contributed by atoms with E-state index in [-0.39, 0.29) is 24.8 Å². The van der Waals surface area contributed by atoms with Gasteiger partial charge in [-0.25, -0.2) is 4.98 Å². The molecule has 0 aliphatic rings. The van der Waals surface area contributed by atoms with Crippen LogP contribution in [0.1, 0.15) is 27.3 Å². The summed E-state index contributed by atoms with van der Waals surface area (Å²) in [5, 5.41) is 6.17. The summed E-state index contributed by atoms with van der Waals surface area (Å²) in [7, 11) is 3.78. The van der Waals surface area contributed by atoms with Crippen molar-refractivity contribution in [2.45, 2.75) is 20.3 Å². The van der Waals surface area contributed by atoms with E-state index in [0.717, 1.165) is 16.3 Å². The van der Waals surface area contributed by atoms with Gasteiger partial charge < -0.3 is 25.4 Å². The molecule has 4 N–H and O–H groups in total. The molecule has 2 rings (SSSR count). The van der Waals surface area contributed by atoms with Gasteiger partial charge in [0.15, 0.2) is 5.13 Å². The zero-order valence-electron chi connectivity index (χ0n) is 18.5. The molecule has 0 saturated carbocycles. The molecular formula is C21H31N5O4S. The fraction of sp³-hybridized carbons (Fsp3) is 0.476. The smallest absolute Gasteiger partial charge is 0.259 e. The third-order valence-electron chi connectivity index (χ3n) is 4.39.